The number of carbonyl (C=O) groups is 1. The van der Waals surface area contributed by atoms with Crippen LogP contribution in [0.25, 0.3) is 0 Å². The van der Waals surface area contributed by atoms with Crippen LogP contribution in [0.5, 0.6) is 0 Å². The van der Waals surface area contributed by atoms with E-state index in [2.05, 4.69) is 10.4 Å². The van der Waals surface area contributed by atoms with E-state index in [1.165, 1.54) is 0 Å². The molecule has 1 aromatic heterocycles. The van der Waals surface area contributed by atoms with Gasteiger partial charge in [-0.15, -0.1) is 0 Å². The average Bonchev–Trinajstić information content (AvgIpc) is 2.75. The average molecular weight is 347 g/mol. The van der Waals surface area contributed by atoms with Gasteiger partial charge in [0.15, 0.2) is 0 Å². The molecule has 1 fully saturated rings. The fraction of sp³-hybridized carbons (Fsp3) is 0.444. The number of amides is 1. The summed E-state index contributed by atoms with van der Waals surface area (Å²) in [5, 5.41) is 8.63. The maximum atomic E-state index is 12.9. The molecule has 24 heavy (non-hydrogen) atoms. The molecule has 1 N–H and O–H groups in total. The van der Waals surface area contributed by atoms with Crippen LogP contribution in [0.15, 0.2) is 24.3 Å². The summed E-state index contributed by atoms with van der Waals surface area (Å²) in [6, 6.07) is 7.73. The van der Waals surface area contributed by atoms with Crippen molar-refractivity contribution in [3.05, 3.63) is 51.8 Å². The van der Waals surface area contributed by atoms with E-state index in [-0.39, 0.29) is 5.91 Å². The van der Waals surface area contributed by atoms with Crippen molar-refractivity contribution >= 4 is 17.5 Å². The van der Waals surface area contributed by atoms with Gasteiger partial charge in [-0.25, -0.2) is 0 Å². The van der Waals surface area contributed by atoms with E-state index in [0.29, 0.717) is 6.54 Å². The minimum atomic E-state index is 0.0825. The van der Waals surface area contributed by atoms with E-state index in [1.54, 1.807) is 0 Å². The Morgan fingerprint density at radius 2 is 2.04 bits per heavy atom. The number of nitrogens with zero attached hydrogens (tertiary/aromatic N) is 3. The Morgan fingerprint density at radius 3 is 2.83 bits per heavy atom. The number of hydrogen-bond donors (Lipinski definition) is 1. The first kappa shape index (κ1) is 17.0. The highest BCUT2D eigenvalue weighted by Crippen LogP contribution is 2.20. The van der Waals surface area contributed by atoms with E-state index in [1.807, 2.05) is 47.7 Å². The van der Waals surface area contributed by atoms with Crippen molar-refractivity contribution in [1.82, 2.24) is 20.0 Å². The number of carbonyl (C=O) groups excluding carboxylic acids is 1. The number of aryl methyl sites for hydroxylation is 1. The fourth-order valence-electron chi connectivity index (χ4n) is 3.16. The summed E-state index contributed by atoms with van der Waals surface area (Å²) in [6.45, 7) is 7.78. The minimum Gasteiger partial charge on any atom is -0.337 e. The van der Waals surface area contributed by atoms with Crippen LogP contribution in [0, 0.1) is 13.8 Å². The molecule has 1 aliphatic rings. The molecule has 2 heterocycles. The molecule has 1 aromatic carbocycles. The van der Waals surface area contributed by atoms with Crippen LogP contribution in [-0.2, 0) is 6.54 Å². The number of benzene rings is 1. The van der Waals surface area contributed by atoms with Crippen molar-refractivity contribution in [2.45, 2.75) is 26.8 Å². The van der Waals surface area contributed by atoms with Crippen LogP contribution in [-0.4, -0.2) is 46.8 Å². The summed E-state index contributed by atoms with van der Waals surface area (Å²) >= 11 is 6.25. The van der Waals surface area contributed by atoms with E-state index in [9.17, 15) is 4.79 Å². The quantitative estimate of drug-likeness (QED) is 0.929. The lowest BCUT2D eigenvalue weighted by molar-refractivity contribution is 0.0765. The number of nitrogens with one attached hydrogen (secondary N) is 1. The first-order valence-electron chi connectivity index (χ1n) is 8.35. The summed E-state index contributed by atoms with van der Waals surface area (Å²) in [7, 11) is 0. The van der Waals surface area contributed by atoms with Gasteiger partial charge in [0, 0.05) is 30.4 Å². The third-order valence-electron chi connectivity index (χ3n) is 4.50. The molecule has 3 rings (SSSR count). The zero-order chi connectivity index (χ0) is 17.1. The molecule has 0 radical (unpaired) electrons. The van der Waals surface area contributed by atoms with Crippen LogP contribution in [0.1, 0.15) is 33.7 Å². The van der Waals surface area contributed by atoms with Gasteiger partial charge >= 0.3 is 0 Å². The molecular weight excluding hydrogens is 324 g/mol. The van der Waals surface area contributed by atoms with Gasteiger partial charge in [0.25, 0.3) is 5.91 Å². The van der Waals surface area contributed by atoms with Crippen LogP contribution in [0.3, 0.4) is 0 Å². The first-order valence-corrected chi connectivity index (χ1v) is 8.73. The highest BCUT2D eigenvalue weighted by molar-refractivity contribution is 6.31. The van der Waals surface area contributed by atoms with Crippen LogP contribution >= 0.6 is 11.6 Å². The highest BCUT2D eigenvalue weighted by atomic mass is 35.5. The van der Waals surface area contributed by atoms with Crippen molar-refractivity contribution in [3.63, 3.8) is 0 Å². The van der Waals surface area contributed by atoms with Gasteiger partial charge in [0.2, 0.25) is 0 Å². The molecule has 2 aromatic rings. The Labute approximate surface area is 147 Å². The second kappa shape index (κ2) is 7.36. The lowest BCUT2D eigenvalue weighted by Gasteiger charge is -2.20. The van der Waals surface area contributed by atoms with Gasteiger partial charge in [0.1, 0.15) is 0 Å². The zero-order valence-electron chi connectivity index (χ0n) is 14.2. The standard InChI is InChI=1S/C18H23ClN4O/c1-13-17(18(24)22-10-5-8-20-9-11-22)14(2)23(21-13)12-15-6-3-4-7-16(15)19/h3-4,6-7,20H,5,8-12H2,1-2H3. The predicted octanol–water partition coefficient (Wildman–Crippen LogP) is 2.64. The molecule has 0 saturated carbocycles. The Hall–Kier alpha value is -1.85. The van der Waals surface area contributed by atoms with E-state index in [4.69, 9.17) is 11.6 Å². The molecule has 1 amide bonds. The van der Waals surface area contributed by atoms with Crippen LogP contribution in [0.2, 0.25) is 5.02 Å². The molecule has 0 bridgehead atoms. The van der Waals surface area contributed by atoms with Crippen molar-refractivity contribution in [1.29, 1.82) is 0 Å². The van der Waals surface area contributed by atoms with Gasteiger partial charge in [0.05, 0.1) is 17.8 Å². The molecule has 0 unspecified atom stereocenters. The molecule has 1 saturated heterocycles. The Morgan fingerprint density at radius 1 is 1.25 bits per heavy atom. The lowest BCUT2D eigenvalue weighted by Crippen LogP contribution is -2.34. The Kier molecular flexibility index (Phi) is 5.21. The molecule has 6 heteroatoms. The van der Waals surface area contributed by atoms with Crippen molar-refractivity contribution < 1.29 is 4.79 Å². The van der Waals surface area contributed by atoms with Gasteiger partial charge in [-0.05, 0) is 38.4 Å². The predicted molar refractivity (Wildman–Crippen MR) is 95.6 cm³/mol. The Balaban J connectivity index is 1.86. The van der Waals surface area contributed by atoms with Gasteiger partial charge in [-0.2, -0.15) is 5.10 Å². The summed E-state index contributed by atoms with van der Waals surface area (Å²) in [6.07, 6.45) is 0.984. The highest BCUT2D eigenvalue weighted by Gasteiger charge is 2.24. The fourth-order valence-corrected chi connectivity index (χ4v) is 3.35. The van der Waals surface area contributed by atoms with Crippen LogP contribution in [0.4, 0.5) is 0 Å². The number of rotatable bonds is 3. The maximum absolute atomic E-state index is 12.9. The van der Waals surface area contributed by atoms with Gasteiger partial charge < -0.3 is 10.2 Å². The third-order valence-corrected chi connectivity index (χ3v) is 4.87. The summed E-state index contributed by atoms with van der Waals surface area (Å²) in [4.78, 5) is 14.9. The number of hydrogen-bond acceptors (Lipinski definition) is 3. The van der Waals surface area contributed by atoms with Crippen LogP contribution < -0.4 is 5.32 Å². The number of halogens is 1. The van der Waals surface area contributed by atoms with E-state index < -0.39 is 0 Å². The molecule has 5 nitrogen and oxygen atoms in total. The topological polar surface area (TPSA) is 50.2 Å². The normalized spacial score (nSPS) is 15.4. The SMILES string of the molecule is Cc1nn(Cc2ccccc2Cl)c(C)c1C(=O)N1CCCNCC1. The lowest BCUT2D eigenvalue weighted by atomic mass is 10.1. The van der Waals surface area contributed by atoms with E-state index in [0.717, 1.165) is 60.1 Å². The zero-order valence-corrected chi connectivity index (χ0v) is 14.9. The van der Waals surface area contributed by atoms with Gasteiger partial charge in [-0.1, -0.05) is 29.8 Å². The molecule has 0 atom stereocenters. The van der Waals surface area contributed by atoms with E-state index >= 15 is 0 Å². The second-order valence-electron chi connectivity index (χ2n) is 6.19. The molecule has 128 valence electrons. The van der Waals surface area contributed by atoms with Crippen molar-refractivity contribution in [2.75, 3.05) is 26.2 Å². The summed E-state index contributed by atoms with van der Waals surface area (Å²) in [5.74, 6) is 0.0825. The van der Waals surface area contributed by atoms with Crippen molar-refractivity contribution in [3.8, 4) is 0 Å². The van der Waals surface area contributed by atoms with Gasteiger partial charge in [-0.3, -0.25) is 9.48 Å². The smallest absolute Gasteiger partial charge is 0.257 e. The number of aromatic nitrogens is 2. The monoisotopic (exact) mass is 346 g/mol. The Bertz CT molecular complexity index is 733. The molecule has 1 aliphatic heterocycles. The largest absolute Gasteiger partial charge is 0.337 e. The summed E-state index contributed by atoms with van der Waals surface area (Å²) in [5.41, 5.74) is 3.41. The van der Waals surface area contributed by atoms with Crippen molar-refractivity contribution in [2.24, 2.45) is 0 Å². The molecule has 0 aliphatic carbocycles. The molecule has 0 spiro atoms. The molecular formula is C18H23ClN4O. The summed E-state index contributed by atoms with van der Waals surface area (Å²) < 4.78 is 1.87. The second-order valence-corrected chi connectivity index (χ2v) is 6.60. The first-order chi connectivity index (χ1) is 11.6. The maximum Gasteiger partial charge on any atom is 0.257 e. The third kappa shape index (κ3) is 3.47. The minimum absolute atomic E-state index is 0.0825.